The molecular formula is C21H24BrN5O3. The van der Waals surface area contributed by atoms with Gasteiger partial charge in [-0.25, -0.2) is 0 Å². The second kappa shape index (κ2) is 9.82. The van der Waals surface area contributed by atoms with E-state index < -0.39 is 12.1 Å². The molecule has 1 aliphatic rings. The molecule has 1 aliphatic heterocycles. The van der Waals surface area contributed by atoms with Crippen LogP contribution < -0.4 is 11.1 Å². The van der Waals surface area contributed by atoms with Crippen molar-refractivity contribution in [2.24, 2.45) is 5.73 Å². The summed E-state index contributed by atoms with van der Waals surface area (Å²) in [7, 11) is 0. The lowest BCUT2D eigenvalue weighted by Crippen LogP contribution is -2.63. The summed E-state index contributed by atoms with van der Waals surface area (Å²) in [5.74, 6) is -1.09. The van der Waals surface area contributed by atoms with Crippen LogP contribution in [0.1, 0.15) is 32.7 Å². The first-order valence-corrected chi connectivity index (χ1v) is 10.5. The van der Waals surface area contributed by atoms with E-state index in [-0.39, 0.29) is 24.9 Å². The minimum Gasteiger partial charge on any atom is -0.351 e. The summed E-state index contributed by atoms with van der Waals surface area (Å²) in [5.41, 5.74) is 7.28. The third-order valence-corrected chi connectivity index (χ3v) is 5.24. The van der Waals surface area contributed by atoms with E-state index in [9.17, 15) is 14.4 Å². The molecule has 1 saturated heterocycles. The molecule has 3 N–H and O–H groups in total. The van der Waals surface area contributed by atoms with Crippen molar-refractivity contribution in [2.75, 3.05) is 26.2 Å². The van der Waals surface area contributed by atoms with Crippen LogP contribution in [0.3, 0.4) is 0 Å². The smallest absolute Gasteiger partial charge is 0.263 e. The molecule has 2 heterocycles. The molecule has 0 radical (unpaired) electrons. The highest BCUT2D eigenvalue weighted by Gasteiger charge is 2.40. The number of aromatic nitrogens is 1. The van der Waals surface area contributed by atoms with Crippen molar-refractivity contribution in [3.05, 3.63) is 63.9 Å². The maximum Gasteiger partial charge on any atom is 0.263 e. The Morgan fingerprint density at radius 3 is 2.47 bits per heavy atom. The van der Waals surface area contributed by atoms with Crippen molar-refractivity contribution in [1.82, 2.24) is 20.1 Å². The molecule has 0 spiro atoms. The van der Waals surface area contributed by atoms with E-state index in [0.717, 1.165) is 5.56 Å². The predicted molar refractivity (Wildman–Crippen MR) is 116 cm³/mol. The first-order valence-electron chi connectivity index (χ1n) is 9.69. The average Bonchev–Trinajstić information content (AvgIpc) is 2.76. The molecule has 9 heteroatoms. The Morgan fingerprint density at radius 1 is 1.13 bits per heavy atom. The number of rotatable bonds is 5. The van der Waals surface area contributed by atoms with Gasteiger partial charge in [-0.3, -0.25) is 19.4 Å². The largest absolute Gasteiger partial charge is 0.351 e. The molecule has 2 aromatic rings. The Kier molecular flexibility index (Phi) is 7.17. The van der Waals surface area contributed by atoms with Gasteiger partial charge in [0.2, 0.25) is 0 Å². The van der Waals surface area contributed by atoms with Crippen molar-refractivity contribution >= 4 is 33.7 Å². The fourth-order valence-electron chi connectivity index (χ4n) is 3.46. The van der Waals surface area contributed by atoms with E-state index in [4.69, 9.17) is 5.73 Å². The van der Waals surface area contributed by atoms with E-state index in [1.54, 1.807) is 30.5 Å². The zero-order chi connectivity index (χ0) is 21.7. The molecule has 1 fully saturated rings. The van der Waals surface area contributed by atoms with Crippen molar-refractivity contribution in [1.29, 1.82) is 0 Å². The summed E-state index contributed by atoms with van der Waals surface area (Å²) >= 11 is 3.31. The Bertz CT molecular complexity index is 886. The molecule has 0 bridgehead atoms. The number of carbonyl (C=O) groups is 3. The number of halogens is 1. The Labute approximate surface area is 183 Å². The monoisotopic (exact) mass is 473 g/mol. The van der Waals surface area contributed by atoms with Crippen LogP contribution in [0.4, 0.5) is 0 Å². The van der Waals surface area contributed by atoms with E-state index in [1.165, 1.54) is 16.0 Å². The summed E-state index contributed by atoms with van der Waals surface area (Å²) in [6.45, 7) is 3.13. The van der Waals surface area contributed by atoms with Crippen LogP contribution in [-0.4, -0.2) is 64.9 Å². The van der Waals surface area contributed by atoms with Gasteiger partial charge in [-0.15, -0.1) is 0 Å². The number of carbonyl (C=O) groups excluding carboxylic acids is 3. The third kappa shape index (κ3) is 4.85. The van der Waals surface area contributed by atoms with Crippen LogP contribution in [0.2, 0.25) is 0 Å². The maximum atomic E-state index is 13.3. The standard InChI is InChI=1S/C21H24BrN5O3/c1-14-4-2-5-15(10-14)20(29)26-8-3-9-27(19(26)18(28)25-7-6-23)21(30)16-11-17(22)13-24-12-16/h2,4-5,10-13,19H,3,6-9,23H2,1H3,(H,25,28). The molecule has 3 rings (SSSR count). The molecule has 1 unspecified atom stereocenters. The molecule has 158 valence electrons. The highest BCUT2D eigenvalue weighted by Crippen LogP contribution is 2.22. The molecule has 1 aromatic heterocycles. The SMILES string of the molecule is Cc1cccc(C(=O)N2CCCN(C(=O)c3cncc(Br)c3)C2C(=O)NCCN)c1. The minimum absolute atomic E-state index is 0.252. The van der Waals surface area contributed by atoms with Crippen molar-refractivity contribution in [2.45, 2.75) is 19.5 Å². The average molecular weight is 474 g/mol. The highest BCUT2D eigenvalue weighted by molar-refractivity contribution is 9.10. The Morgan fingerprint density at radius 2 is 1.83 bits per heavy atom. The van der Waals surface area contributed by atoms with Gasteiger partial charge in [-0.1, -0.05) is 17.7 Å². The number of nitrogens with one attached hydrogen (secondary N) is 1. The normalized spacial score (nSPS) is 16.3. The fourth-order valence-corrected chi connectivity index (χ4v) is 3.82. The second-order valence-electron chi connectivity index (χ2n) is 7.07. The first kappa shape index (κ1) is 21.9. The number of benzene rings is 1. The predicted octanol–water partition coefficient (Wildman–Crippen LogP) is 1.54. The highest BCUT2D eigenvalue weighted by atomic mass is 79.9. The summed E-state index contributed by atoms with van der Waals surface area (Å²) in [4.78, 5) is 46.4. The van der Waals surface area contributed by atoms with Crippen LogP contribution in [-0.2, 0) is 4.79 Å². The number of pyridine rings is 1. The van der Waals surface area contributed by atoms with E-state index in [1.807, 2.05) is 13.0 Å². The summed E-state index contributed by atoms with van der Waals surface area (Å²) in [6, 6.07) is 8.82. The van der Waals surface area contributed by atoms with Gasteiger partial charge in [0.05, 0.1) is 5.56 Å². The molecule has 1 aromatic carbocycles. The van der Waals surface area contributed by atoms with Crippen molar-refractivity contribution in [3.8, 4) is 0 Å². The van der Waals surface area contributed by atoms with Crippen LogP contribution in [0.25, 0.3) is 0 Å². The van der Waals surface area contributed by atoms with Crippen LogP contribution >= 0.6 is 15.9 Å². The summed E-state index contributed by atoms with van der Waals surface area (Å²) in [6.07, 6.45) is 2.52. The van der Waals surface area contributed by atoms with Gasteiger partial charge in [-0.05, 0) is 47.5 Å². The quantitative estimate of drug-likeness (QED) is 0.684. The molecule has 30 heavy (non-hydrogen) atoms. The molecule has 1 atom stereocenters. The van der Waals surface area contributed by atoms with E-state index >= 15 is 0 Å². The first-order chi connectivity index (χ1) is 14.4. The van der Waals surface area contributed by atoms with Crippen molar-refractivity contribution < 1.29 is 14.4 Å². The van der Waals surface area contributed by atoms with Gasteiger partial charge in [0, 0.05) is 48.6 Å². The molecule has 3 amide bonds. The van der Waals surface area contributed by atoms with Gasteiger partial charge in [0.15, 0.2) is 6.17 Å². The van der Waals surface area contributed by atoms with Gasteiger partial charge >= 0.3 is 0 Å². The Balaban J connectivity index is 1.96. The lowest BCUT2D eigenvalue weighted by molar-refractivity contribution is -0.132. The van der Waals surface area contributed by atoms with Gasteiger partial charge in [0.25, 0.3) is 17.7 Å². The number of aryl methyl sites for hydroxylation is 1. The number of amides is 3. The molecule has 8 nitrogen and oxygen atoms in total. The zero-order valence-electron chi connectivity index (χ0n) is 16.7. The maximum absolute atomic E-state index is 13.3. The number of nitrogens with two attached hydrogens (primary N) is 1. The lowest BCUT2D eigenvalue weighted by atomic mass is 10.1. The molecule has 0 aliphatic carbocycles. The Hall–Kier alpha value is -2.78. The number of hydrogen-bond acceptors (Lipinski definition) is 5. The summed E-state index contributed by atoms with van der Waals surface area (Å²) < 4.78 is 0.655. The fraction of sp³-hybridized carbons (Fsp3) is 0.333. The van der Waals surface area contributed by atoms with Crippen LogP contribution in [0.5, 0.6) is 0 Å². The number of nitrogens with zero attached hydrogens (tertiary/aromatic N) is 3. The summed E-state index contributed by atoms with van der Waals surface area (Å²) in [5, 5.41) is 2.72. The molecule has 0 saturated carbocycles. The molecular weight excluding hydrogens is 450 g/mol. The minimum atomic E-state index is -1.07. The van der Waals surface area contributed by atoms with Gasteiger partial charge in [0.1, 0.15) is 0 Å². The lowest BCUT2D eigenvalue weighted by Gasteiger charge is -2.42. The van der Waals surface area contributed by atoms with Gasteiger partial charge in [-0.2, -0.15) is 0 Å². The van der Waals surface area contributed by atoms with Crippen LogP contribution in [0, 0.1) is 6.92 Å². The topological polar surface area (TPSA) is 109 Å². The second-order valence-corrected chi connectivity index (χ2v) is 7.98. The van der Waals surface area contributed by atoms with Crippen molar-refractivity contribution in [3.63, 3.8) is 0 Å². The third-order valence-electron chi connectivity index (χ3n) is 4.81. The van der Waals surface area contributed by atoms with Gasteiger partial charge < -0.3 is 20.9 Å². The van der Waals surface area contributed by atoms with E-state index in [0.29, 0.717) is 35.1 Å². The van der Waals surface area contributed by atoms with E-state index in [2.05, 4.69) is 26.2 Å². The van der Waals surface area contributed by atoms with Crippen LogP contribution in [0.15, 0.2) is 47.2 Å². The number of hydrogen-bond donors (Lipinski definition) is 2. The zero-order valence-corrected chi connectivity index (χ0v) is 18.3.